The Kier molecular flexibility index (Phi) is 5.40. The standard InChI is InChI=1S/C17H23ClN2O3.ClH/c1-16(2)14-11(5-4-8-23-14)17(16,19)15(21)20-10-6-7-13(22-3)12(18)9-10;/h6-7,9,11,14H,4-5,8,19H2,1-3H3,(H,20,21);1H. The molecule has 0 spiro atoms. The molecule has 1 saturated heterocycles. The van der Waals surface area contributed by atoms with E-state index in [9.17, 15) is 4.79 Å². The van der Waals surface area contributed by atoms with E-state index in [0.29, 0.717) is 16.5 Å². The van der Waals surface area contributed by atoms with E-state index >= 15 is 0 Å². The highest BCUT2D eigenvalue weighted by molar-refractivity contribution is 6.32. The van der Waals surface area contributed by atoms with Gasteiger partial charge < -0.3 is 20.5 Å². The van der Waals surface area contributed by atoms with Gasteiger partial charge in [0.1, 0.15) is 11.3 Å². The molecule has 134 valence electrons. The van der Waals surface area contributed by atoms with Crippen molar-refractivity contribution in [2.45, 2.75) is 38.3 Å². The van der Waals surface area contributed by atoms with Crippen LogP contribution in [0.2, 0.25) is 5.02 Å². The predicted molar refractivity (Wildman–Crippen MR) is 97.0 cm³/mol. The van der Waals surface area contributed by atoms with Gasteiger partial charge in [-0.05, 0) is 31.0 Å². The van der Waals surface area contributed by atoms with E-state index in [2.05, 4.69) is 5.32 Å². The van der Waals surface area contributed by atoms with E-state index in [1.807, 2.05) is 13.8 Å². The molecule has 0 bridgehead atoms. The summed E-state index contributed by atoms with van der Waals surface area (Å²) in [4.78, 5) is 12.9. The third-order valence-corrected chi connectivity index (χ3v) is 5.77. The van der Waals surface area contributed by atoms with Crippen LogP contribution in [0.3, 0.4) is 0 Å². The Balaban J connectivity index is 0.00000208. The molecular formula is C17H24Cl2N2O3. The highest BCUT2D eigenvalue weighted by atomic mass is 35.5. The number of nitrogens with two attached hydrogens (primary N) is 1. The SMILES string of the molecule is COc1ccc(NC(=O)C2(N)C3CCCOC3C2(C)C)cc1Cl.Cl. The fourth-order valence-corrected chi connectivity index (χ4v) is 4.27. The molecule has 1 saturated carbocycles. The Morgan fingerprint density at radius 1 is 1.46 bits per heavy atom. The highest BCUT2D eigenvalue weighted by Crippen LogP contribution is 2.57. The van der Waals surface area contributed by atoms with Crippen LogP contribution in [0.25, 0.3) is 0 Å². The van der Waals surface area contributed by atoms with Gasteiger partial charge in [0.05, 0.1) is 18.2 Å². The number of carbonyl (C=O) groups is 1. The van der Waals surface area contributed by atoms with Crippen molar-refractivity contribution in [2.75, 3.05) is 19.0 Å². The number of methoxy groups -OCH3 is 1. The van der Waals surface area contributed by atoms with E-state index < -0.39 is 11.0 Å². The molecule has 1 aliphatic heterocycles. The molecule has 1 aromatic rings. The highest BCUT2D eigenvalue weighted by Gasteiger charge is 2.70. The summed E-state index contributed by atoms with van der Waals surface area (Å²) in [5, 5.41) is 3.35. The van der Waals surface area contributed by atoms with Crippen molar-refractivity contribution < 1.29 is 14.3 Å². The fraction of sp³-hybridized carbons (Fsp3) is 0.588. The van der Waals surface area contributed by atoms with E-state index in [0.717, 1.165) is 19.4 Å². The molecule has 24 heavy (non-hydrogen) atoms. The summed E-state index contributed by atoms with van der Waals surface area (Å²) < 4.78 is 11.0. The van der Waals surface area contributed by atoms with Crippen LogP contribution in [0.15, 0.2) is 18.2 Å². The first kappa shape index (κ1) is 19.3. The summed E-state index contributed by atoms with van der Waals surface area (Å²) in [6.45, 7) is 4.75. The van der Waals surface area contributed by atoms with Gasteiger partial charge >= 0.3 is 0 Å². The van der Waals surface area contributed by atoms with E-state index in [4.69, 9.17) is 26.8 Å². The van der Waals surface area contributed by atoms with Gasteiger partial charge in [0, 0.05) is 23.6 Å². The lowest BCUT2D eigenvalue weighted by molar-refractivity contribution is -0.222. The third kappa shape index (κ3) is 2.68. The molecule has 1 heterocycles. The summed E-state index contributed by atoms with van der Waals surface area (Å²) in [5.74, 6) is 0.437. The summed E-state index contributed by atoms with van der Waals surface area (Å²) in [6, 6.07) is 5.15. The number of nitrogens with one attached hydrogen (secondary N) is 1. The van der Waals surface area contributed by atoms with Crippen LogP contribution in [0.5, 0.6) is 5.75 Å². The summed E-state index contributed by atoms with van der Waals surface area (Å²) in [5.41, 5.74) is 5.84. The number of anilines is 1. The topological polar surface area (TPSA) is 73.6 Å². The zero-order chi connectivity index (χ0) is 16.8. The van der Waals surface area contributed by atoms with Gasteiger partial charge in [-0.15, -0.1) is 12.4 Å². The van der Waals surface area contributed by atoms with E-state index in [1.165, 1.54) is 0 Å². The second-order valence-corrected chi connectivity index (χ2v) is 7.34. The number of hydrogen-bond acceptors (Lipinski definition) is 4. The average Bonchev–Trinajstić information content (AvgIpc) is 2.54. The maximum absolute atomic E-state index is 12.9. The number of rotatable bonds is 3. The van der Waals surface area contributed by atoms with Crippen molar-refractivity contribution in [2.24, 2.45) is 17.1 Å². The molecule has 5 nitrogen and oxygen atoms in total. The lowest BCUT2D eigenvalue weighted by atomic mass is 9.46. The van der Waals surface area contributed by atoms with Crippen LogP contribution in [-0.2, 0) is 9.53 Å². The summed E-state index contributed by atoms with van der Waals surface area (Å²) in [7, 11) is 1.55. The first-order valence-electron chi connectivity index (χ1n) is 7.88. The molecule has 1 aliphatic carbocycles. The molecule has 0 aromatic heterocycles. The van der Waals surface area contributed by atoms with E-state index in [-0.39, 0.29) is 30.3 Å². The molecule has 3 atom stereocenters. The molecule has 1 amide bonds. The monoisotopic (exact) mass is 374 g/mol. The van der Waals surface area contributed by atoms with Gasteiger partial charge in [0.15, 0.2) is 0 Å². The van der Waals surface area contributed by atoms with Crippen LogP contribution in [-0.4, -0.2) is 31.3 Å². The number of ether oxygens (including phenoxy) is 2. The minimum atomic E-state index is -0.940. The van der Waals surface area contributed by atoms with Crippen LogP contribution < -0.4 is 15.8 Å². The second-order valence-electron chi connectivity index (χ2n) is 6.93. The number of carbonyl (C=O) groups excluding carboxylic acids is 1. The Morgan fingerprint density at radius 2 is 2.17 bits per heavy atom. The van der Waals surface area contributed by atoms with Crippen molar-refractivity contribution >= 4 is 35.6 Å². The molecule has 2 fully saturated rings. The molecule has 2 aliphatic rings. The van der Waals surface area contributed by atoms with Crippen LogP contribution in [0, 0.1) is 11.3 Å². The molecule has 3 rings (SSSR count). The zero-order valence-corrected chi connectivity index (χ0v) is 15.7. The Morgan fingerprint density at radius 3 is 2.79 bits per heavy atom. The summed E-state index contributed by atoms with van der Waals surface area (Å²) >= 11 is 6.11. The Hall–Kier alpha value is -1.01. The molecule has 7 heteroatoms. The number of halogens is 2. The minimum Gasteiger partial charge on any atom is -0.495 e. The lowest BCUT2D eigenvalue weighted by Crippen LogP contribution is -2.81. The first-order valence-corrected chi connectivity index (χ1v) is 8.25. The van der Waals surface area contributed by atoms with Crippen molar-refractivity contribution in [3.63, 3.8) is 0 Å². The largest absolute Gasteiger partial charge is 0.495 e. The maximum Gasteiger partial charge on any atom is 0.245 e. The first-order chi connectivity index (χ1) is 10.8. The minimum absolute atomic E-state index is 0. The van der Waals surface area contributed by atoms with Gasteiger partial charge in [0.2, 0.25) is 5.91 Å². The van der Waals surface area contributed by atoms with Crippen molar-refractivity contribution in [1.82, 2.24) is 0 Å². The lowest BCUT2D eigenvalue weighted by Gasteiger charge is -2.65. The van der Waals surface area contributed by atoms with Crippen molar-refractivity contribution in [3.8, 4) is 5.75 Å². The molecule has 3 N–H and O–H groups in total. The number of fused-ring (bicyclic) bond motifs is 1. The zero-order valence-electron chi connectivity index (χ0n) is 14.1. The van der Waals surface area contributed by atoms with Gasteiger partial charge in [-0.2, -0.15) is 0 Å². The van der Waals surface area contributed by atoms with Gasteiger partial charge in [0.25, 0.3) is 0 Å². The third-order valence-electron chi connectivity index (χ3n) is 5.47. The van der Waals surface area contributed by atoms with Crippen molar-refractivity contribution in [3.05, 3.63) is 23.2 Å². The number of amides is 1. The Labute approximate surface area is 153 Å². The molecule has 3 unspecified atom stereocenters. The van der Waals surface area contributed by atoms with Crippen molar-refractivity contribution in [1.29, 1.82) is 0 Å². The fourth-order valence-electron chi connectivity index (χ4n) is 4.02. The second kappa shape index (κ2) is 6.71. The Bertz CT molecular complexity index is 638. The number of hydrogen-bond donors (Lipinski definition) is 2. The average molecular weight is 375 g/mol. The van der Waals surface area contributed by atoms with Gasteiger partial charge in [-0.3, -0.25) is 4.79 Å². The maximum atomic E-state index is 12.9. The molecule has 0 radical (unpaired) electrons. The smallest absolute Gasteiger partial charge is 0.245 e. The quantitative estimate of drug-likeness (QED) is 0.851. The normalized spacial score (nSPS) is 30.4. The predicted octanol–water partition coefficient (Wildman–Crippen LogP) is 3.24. The van der Waals surface area contributed by atoms with Crippen LogP contribution in [0.4, 0.5) is 5.69 Å². The van der Waals surface area contributed by atoms with Crippen LogP contribution in [0.1, 0.15) is 26.7 Å². The molecular weight excluding hydrogens is 351 g/mol. The van der Waals surface area contributed by atoms with Crippen LogP contribution >= 0.6 is 24.0 Å². The van der Waals surface area contributed by atoms with Gasteiger partial charge in [-0.25, -0.2) is 0 Å². The van der Waals surface area contributed by atoms with Gasteiger partial charge in [-0.1, -0.05) is 25.4 Å². The number of benzene rings is 1. The summed E-state index contributed by atoms with van der Waals surface area (Å²) in [6.07, 6.45) is 1.91. The van der Waals surface area contributed by atoms with E-state index in [1.54, 1.807) is 25.3 Å². The molecule has 1 aromatic carbocycles.